The van der Waals surface area contributed by atoms with Gasteiger partial charge >= 0.3 is 0 Å². The first-order chi connectivity index (χ1) is 6.85. The Morgan fingerprint density at radius 3 is 3.00 bits per heavy atom. The predicted molar refractivity (Wildman–Crippen MR) is 52.7 cm³/mol. The average molecular weight is 199 g/mol. The molecule has 1 unspecified atom stereocenters. The SMILES string of the molecule is COC1=NCCC2(CC1)COCCO2. The van der Waals surface area contributed by atoms with Crippen molar-refractivity contribution in [2.75, 3.05) is 33.5 Å². The molecule has 0 bridgehead atoms. The Kier molecular flexibility index (Phi) is 3.03. The number of ether oxygens (including phenoxy) is 3. The van der Waals surface area contributed by atoms with Gasteiger partial charge in [0.15, 0.2) is 5.90 Å². The van der Waals surface area contributed by atoms with E-state index in [1.165, 1.54) is 0 Å². The van der Waals surface area contributed by atoms with Crippen LogP contribution in [0.25, 0.3) is 0 Å². The lowest BCUT2D eigenvalue weighted by Gasteiger charge is -2.35. The summed E-state index contributed by atoms with van der Waals surface area (Å²) in [5, 5.41) is 0. The van der Waals surface area contributed by atoms with Crippen LogP contribution in [-0.2, 0) is 14.2 Å². The molecule has 0 aromatic rings. The van der Waals surface area contributed by atoms with E-state index >= 15 is 0 Å². The van der Waals surface area contributed by atoms with Crippen LogP contribution in [0.2, 0.25) is 0 Å². The van der Waals surface area contributed by atoms with Crippen LogP contribution < -0.4 is 0 Å². The van der Waals surface area contributed by atoms with Crippen molar-refractivity contribution >= 4 is 5.90 Å². The third-order valence-electron chi connectivity index (χ3n) is 2.89. The van der Waals surface area contributed by atoms with Crippen LogP contribution in [0.4, 0.5) is 0 Å². The van der Waals surface area contributed by atoms with E-state index in [4.69, 9.17) is 14.2 Å². The molecular formula is C10H17NO3. The van der Waals surface area contributed by atoms with E-state index in [-0.39, 0.29) is 5.60 Å². The molecule has 80 valence electrons. The van der Waals surface area contributed by atoms with Crippen molar-refractivity contribution in [1.29, 1.82) is 0 Å². The lowest BCUT2D eigenvalue weighted by Crippen LogP contribution is -2.43. The average Bonchev–Trinajstić information content (AvgIpc) is 2.42. The molecule has 2 heterocycles. The fraction of sp³-hybridized carbons (Fsp3) is 0.900. The molecule has 0 N–H and O–H groups in total. The first kappa shape index (κ1) is 9.93. The van der Waals surface area contributed by atoms with Gasteiger partial charge in [0.1, 0.15) is 0 Å². The highest BCUT2D eigenvalue weighted by atomic mass is 16.6. The van der Waals surface area contributed by atoms with Crippen molar-refractivity contribution in [2.24, 2.45) is 4.99 Å². The van der Waals surface area contributed by atoms with Gasteiger partial charge in [-0.1, -0.05) is 0 Å². The molecule has 0 aromatic heterocycles. The summed E-state index contributed by atoms with van der Waals surface area (Å²) >= 11 is 0. The Morgan fingerprint density at radius 1 is 1.36 bits per heavy atom. The highest BCUT2D eigenvalue weighted by molar-refractivity contribution is 5.76. The van der Waals surface area contributed by atoms with E-state index in [9.17, 15) is 0 Å². The Morgan fingerprint density at radius 2 is 2.29 bits per heavy atom. The second-order valence-electron chi connectivity index (χ2n) is 3.81. The summed E-state index contributed by atoms with van der Waals surface area (Å²) in [4.78, 5) is 4.35. The van der Waals surface area contributed by atoms with Gasteiger partial charge in [-0.2, -0.15) is 0 Å². The molecule has 4 heteroatoms. The summed E-state index contributed by atoms with van der Waals surface area (Å²) in [6.45, 7) is 2.92. The summed E-state index contributed by atoms with van der Waals surface area (Å²) in [5.41, 5.74) is -0.0952. The van der Waals surface area contributed by atoms with E-state index in [2.05, 4.69) is 4.99 Å². The molecule has 4 nitrogen and oxygen atoms in total. The van der Waals surface area contributed by atoms with Crippen LogP contribution in [0, 0.1) is 0 Å². The van der Waals surface area contributed by atoms with Gasteiger partial charge in [-0.15, -0.1) is 0 Å². The van der Waals surface area contributed by atoms with Gasteiger partial charge in [0.05, 0.1) is 32.5 Å². The van der Waals surface area contributed by atoms with Gasteiger partial charge in [-0.3, -0.25) is 4.99 Å². The first-order valence-corrected chi connectivity index (χ1v) is 5.14. The number of nitrogens with zero attached hydrogens (tertiary/aromatic N) is 1. The van der Waals surface area contributed by atoms with Crippen molar-refractivity contribution in [2.45, 2.75) is 24.9 Å². The van der Waals surface area contributed by atoms with Crippen molar-refractivity contribution in [3.05, 3.63) is 0 Å². The summed E-state index contributed by atoms with van der Waals surface area (Å²) in [6.07, 6.45) is 2.76. The number of rotatable bonds is 0. The topological polar surface area (TPSA) is 40.0 Å². The molecule has 2 aliphatic heterocycles. The predicted octanol–water partition coefficient (Wildman–Crippen LogP) is 1.00. The highest BCUT2D eigenvalue weighted by Crippen LogP contribution is 2.28. The molecule has 0 amide bonds. The van der Waals surface area contributed by atoms with Gasteiger partial charge in [-0.25, -0.2) is 0 Å². The third kappa shape index (κ3) is 2.07. The molecule has 1 atom stereocenters. The van der Waals surface area contributed by atoms with E-state index in [1.807, 2.05) is 0 Å². The van der Waals surface area contributed by atoms with E-state index in [0.29, 0.717) is 13.2 Å². The fourth-order valence-electron chi connectivity index (χ4n) is 2.00. The molecule has 1 fully saturated rings. The number of aliphatic imine (C=N–C) groups is 1. The van der Waals surface area contributed by atoms with Gasteiger partial charge in [0, 0.05) is 13.0 Å². The summed E-state index contributed by atoms with van der Waals surface area (Å²) in [5.74, 6) is 0.844. The lowest BCUT2D eigenvalue weighted by molar-refractivity contribution is -0.161. The quantitative estimate of drug-likeness (QED) is 0.584. The fourth-order valence-corrected chi connectivity index (χ4v) is 2.00. The van der Waals surface area contributed by atoms with E-state index in [0.717, 1.165) is 38.3 Å². The highest BCUT2D eigenvalue weighted by Gasteiger charge is 2.35. The van der Waals surface area contributed by atoms with E-state index < -0.39 is 0 Å². The van der Waals surface area contributed by atoms with Crippen molar-refractivity contribution in [1.82, 2.24) is 0 Å². The van der Waals surface area contributed by atoms with Crippen LogP contribution in [-0.4, -0.2) is 45.0 Å². The van der Waals surface area contributed by atoms with Crippen LogP contribution in [0.1, 0.15) is 19.3 Å². The van der Waals surface area contributed by atoms with Crippen LogP contribution in [0.15, 0.2) is 4.99 Å². The zero-order chi connectivity index (χ0) is 9.86. The van der Waals surface area contributed by atoms with E-state index in [1.54, 1.807) is 7.11 Å². The minimum absolute atomic E-state index is 0.0952. The van der Waals surface area contributed by atoms with Gasteiger partial charge in [-0.05, 0) is 12.8 Å². The summed E-state index contributed by atoms with van der Waals surface area (Å²) in [6, 6.07) is 0. The molecule has 1 spiro atoms. The second kappa shape index (κ2) is 4.28. The molecule has 2 aliphatic rings. The number of hydrogen-bond acceptors (Lipinski definition) is 4. The normalized spacial score (nSPS) is 33.6. The molecular weight excluding hydrogens is 182 g/mol. The van der Waals surface area contributed by atoms with Crippen LogP contribution in [0.3, 0.4) is 0 Å². The zero-order valence-electron chi connectivity index (χ0n) is 8.62. The maximum absolute atomic E-state index is 5.83. The monoisotopic (exact) mass is 199 g/mol. The Balaban J connectivity index is 1.96. The maximum Gasteiger partial charge on any atom is 0.182 e. The molecule has 0 aromatic carbocycles. The Hall–Kier alpha value is -0.610. The Bertz CT molecular complexity index is 221. The summed E-state index contributed by atoms with van der Waals surface area (Å²) < 4.78 is 16.5. The van der Waals surface area contributed by atoms with Crippen molar-refractivity contribution in [3.8, 4) is 0 Å². The molecule has 0 aliphatic carbocycles. The maximum atomic E-state index is 5.83. The standard InChI is InChI=1S/C10H17NO3/c1-12-9-2-3-10(4-5-11-9)8-13-6-7-14-10/h2-8H2,1H3. The minimum atomic E-state index is -0.0952. The molecule has 0 radical (unpaired) electrons. The minimum Gasteiger partial charge on any atom is -0.484 e. The smallest absolute Gasteiger partial charge is 0.182 e. The van der Waals surface area contributed by atoms with Gasteiger partial charge in [0.25, 0.3) is 0 Å². The van der Waals surface area contributed by atoms with Gasteiger partial charge in [0.2, 0.25) is 0 Å². The third-order valence-corrected chi connectivity index (χ3v) is 2.89. The van der Waals surface area contributed by atoms with Crippen LogP contribution >= 0.6 is 0 Å². The molecule has 2 rings (SSSR count). The number of methoxy groups -OCH3 is 1. The van der Waals surface area contributed by atoms with Crippen LogP contribution in [0.5, 0.6) is 0 Å². The van der Waals surface area contributed by atoms with Crippen molar-refractivity contribution < 1.29 is 14.2 Å². The molecule has 1 saturated heterocycles. The summed E-state index contributed by atoms with van der Waals surface area (Å²) in [7, 11) is 1.68. The van der Waals surface area contributed by atoms with Gasteiger partial charge < -0.3 is 14.2 Å². The molecule has 0 saturated carbocycles. The molecule has 14 heavy (non-hydrogen) atoms. The second-order valence-corrected chi connectivity index (χ2v) is 3.81. The lowest BCUT2D eigenvalue weighted by atomic mass is 9.94. The zero-order valence-corrected chi connectivity index (χ0v) is 8.62. The largest absolute Gasteiger partial charge is 0.484 e. The number of hydrogen-bond donors (Lipinski definition) is 0. The first-order valence-electron chi connectivity index (χ1n) is 5.14. The Labute approximate surface area is 84.2 Å². The van der Waals surface area contributed by atoms with Crippen molar-refractivity contribution in [3.63, 3.8) is 0 Å².